The summed E-state index contributed by atoms with van der Waals surface area (Å²) in [6.07, 6.45) is -1.16. The fourth-order valence-electron chi connectivity index (χ4n) is 9.34. The molecule has 3 heterocycles. The van der Waals surface area contributed by atoms with Gasteiger partial charge in [-0.25, -0.2) is 9.78 Å². The molecule has 8 rings (SSSR count). The minimum atomic E-state index is -4.54. The first kappa shape index (κ1) is 39.5. The van der Waals surface area contributed by atoms with Crippen molar-refractivity contribution in [1.82, 2.24) is 14.9 Å². The van der Waals surface area contributed by atoms with Gasteiger partial charge in [0, 0.05) is 18.4 Å². The summed E-state index contributed by atoms with van der Waals surface area (Å²) in [6.45, 7) is 10.1. The molecule has 0 spiro atoms. The highest BCUT2D eigenvalue weighted by atomic mass is 19.4. The lowest BCUT2D eigenvalue weighted by atomic mass is 9.45. The molecular weight excluding hydrogens is 730 g/mol. The normalized spacial score (nSPS) is 27.7. The van der Waals surface area contributed by atoms with Crippen LogP contribution in [0.3, 0.4) is 0 Å². The molecule has 12 nitrogen and oxygen atoms in total. The van der Waals surface area contributed by atoms with E-state index in [1.165, 1.54) is 36.1 Å². The van der Waals surface area contributed by atoms with E-state index in [1.807, 2.05) is 6.92 Å². The van der Waals surface area contributed by atoms with E-state index in [4.69, 9.17) is 14.0 Å². The number of amides is 2. The molecular formula is C40H47BF3N5O7. The van der Waals surface area contributed by atoms with Crippen LogP contribution in [0.4, 0.5) is 24.5 Å². The summed E-state index contributed by atoms with van der Waals surface area (Å²) in [4.78, 5) is 59.3. The topological polar surface area (TPSA) is 150 Å². The summed E-state index contributed by atoms with van der Waals surface area (Å²) < 4.78 is 59.5. The molecule has 4 fully saturated rings. The molecule has 2 bridgehead atoms. The predicted molar refractivity (Wildman–Crippen MR) is 202 cm³/mol. The molecule has 5 aliphatic rings. The van der Waals surface area contributed by atoms with Gasteiger partial charge in [0.25, 0.3) is 5.56 Å². The standard InChI is InChI=1S/C40H47BF3N5O7/c1-7-30(41-55-32-26-16-24(37(26,2)3)17-39(32,5)56-41)48-33(51)29-18-38(4,19-31(50)47-27-14-9-8-13-25(27)35(53)54-6)36-46-21-28(34(52)49(29)36)45-20-22-11-10-12-23(15-22)40(42,43)44/h8-15,21,24,26,29-30,32,45H,7,16-20H2,1-6H3,(H,47,50)(H,48,51)/t24?,26?,29-,30-,32?,38-,39-/m0/s1. The number of alkyl halides is 3. The Morgan fingerprint density at radius 2 is 1.82 bits per heavy atom. The van der Waals surface area contributed by atoms with E-state index in [2.05, 4.69) is 41.7 Å². The number of rotatable bonds is 11. The van der Waals surface area contributed by atoms with Gasteiger partial charge in [0.15, 0.2) is 0 Å². The zero-order valence-corrected chi connectivity index (χ0v) is 32.3. The first-order valence-electron chi connectivity index (χ1n) is 19.0. The molecule has 7 atom stereocenters. The van der Waals surface area contributed by atoms with Gasteiger partial charge in [0.1, 0.15) is 17.6 Å². The maximum atomic E-state index is 14.4. The zero-order valence-electron chi connectivity index (χ0n) is 32.3. The molecule has 1 aromatic heterocycles. The number of para-hydroxylation sites is 1. The number of aromatic nitrogens is 2. The van der Waals surface area contributed by atoms with Crippen molar-refractivity contribution in [2.24, 2.45) is 17.3 Å². The van der Waals surface area contributed by atoms with Gasteiger partial charge >= 0.3 is 19.3 Å². The minimum Gasteiger partial charge on any atom is -0.465 e. The van der Waals surface area contributed by atoms with Crippen LogP contribution in [-0.4, -0.2) is 59.2 Å². The second-order valence-corrected chi connectivity index (χ2v) is 16.7. The Labute approximate surface area is 323 Å². The number of nitrogens with zero attached hydrogens (tertiary/aromatic N) is 2. The van der Waals surface area contributed by atoms with Crippen molar-refractivity contribution < 1.29 is 41.6 Å². The average Bonchev–Trinajstić information content (AvgIpc) is 3.67. The van der Waals surface area contributed by atoms with Crippen molar-refractivity contribution in [3.05, 3.63) is 87.6 Å². The molecule has 16 heteroatoms. The van der Waals surface area contributed by atoms with E-state index in [0.29, 0.717) is 18.3 Å². The van der Waals surface area contributed by atoms with Crippen molar-refractivity contribution in [2.45, 2.75) is 109 Å². The average molecular weight is 778 g/mol. The Bertz CT molecular complexity index is 2110. The van der Waals surface area contributed by atoms with Crippen molar-refractivity contribution in [2.75, 3.05) is 17.7 Å². The van der Waals surface area contributed by atoms with Crippen LogP contribution in [0.1, 0.15) is 100 Å². The Balaban J connectivity index is 1.16. The van der Waals surface area contributed by atoms with Crippen LogP contribution in [0.15, 0.2) is 59.5 Å². The summed E-state index contributed by atoms with van der Waals surface area (Å²) in [7, 11) is 0.525. The molecule has 56 heavy (non-hydrogen) atoms. The zero-order chi connectivity index (χ0) is 40.4. The summed E-state index contributed by atoms with van der Waals surface area (Å²) >= 11 is 0. The van der Waals surface area contributed by atoms with Crippen LogP contribution in [0.25, 0.3) is 0 Å². The highest BCUT2D eigenvalue weighted by Crippen LogP contribution is 2.64. The Morgan fingerprint density at radius 3 is 2.52 bits per heavy atom. The summed E-state index contributed by atoms with van der Waals surface area (Å²) in [5.41, 5.74) is -2.28. The van der Waals surface area contributed by atoms with Crippen LogP contribution in [0.2, 0.25) is 0 Å². The summed E-state index contributed by atoms with van der Waals surface area (Å²) in [5.74, 6) is -1.12. The Kier molecular flexibility index (Phi) is 10.1. The molecule has 2 amide bonds. The molecule has 3 unspecified atom stereocenters. The number of fused-ring (bicyclic) bond motifs is 1. The van der Waals surface area contributed by atoms with Crippen molar-refractivity contribution in [3.63, 3.8) is 0 Å². The van der Waals surface area contributed by atoms with Crippen LogP contribution in [0.5, 0.6) is 0 Å². The smallest absolute Gasteiger partial charge is 0.465 e. The fourth-order valence-corrected chi connectivity index (χ4v) is 9.34. The number of benzene rings is 2. The van der Waals surface area contributed by atoms with E-state index in [1.54, 1.807) is 25.1 Å². The Morgan fingerprint density at radius 1 is 1.07 bits per heavy atom. The highest BCUT2D eigenvalue weighted by Gasteiger charge is 2.67. The molecule has 2 aliphatic heterocycles. The lowest BCUT2D eigenvalue weighted by Gasteiger charge is -2.63. The fraction of sp³-hybridized carbons (Fsp3) is 0.525. The van der Waals surface area contributed by atoms with Crippen LogP contribution < -0.4 is 21.5 Å². The highest BCUT2D eigenvalue weighted by molar-refractivity contribution is 6.47. The molecule has 298 valence electrons. The maximum Gasteiger partial charge on any atom is 0.481 e. The van der Waals surface area contributed by atoms with Crippen molar-refractivity contribution in [3.8, 4) is 0 Å². The van der Waals surface area contributed by atoms with Gasteiger partial charge in [-0.1, -0.05) is 52.0 Å². The molecule has 0 radical (unpaired) electrons. The van der Waals surface area contributed by atoms with E-state index >= 15 is 0 Å². The van der Waals surface area contributed by atoms with Crippen LogP contribution in [-0.2, 0) is 41.8 Å². The Hall–Kier alpha value is -4.70. The number of hydrogen-bond donors (Lipinski definition) is 3. The molecule has 3 aromatic rings. The number of nitrogens with one attached hydrogen (secondary N) is 3. The van der Waals surface area contributed by atoms with Crippen molar-refractivity contribution >= 4 is 36.3 Å². The van der Waals surface area contributed by atoms with Gasteiger partial charge in [-0.05, 0) is 79.7 Å². The first-order chi connectivity index (χ1) is 26.4. The molecule has 2 aromatic carbocycles. The lowest BCUT2D eigenvalue weighted by molar-refractivity contribution is -0.185. The predicted octanol–water partition coefficient (Wildman–Crippen LogP) is 6.05. The third-order valence-corrected chi connectivity index (χ3v) is 12.6. The van der Waals surface area contributed by atoms with Gasteiger partial charge in [-0.3, -0.25) is 19.0 Å². The third kappa shape index (κ3) is 6.99. The van der Waals surface area contributed by atoms with E-state index < -0.39 is 65.2 Å². The number of ether oxygens (including phenoxy) is 1. The van der Waals surface area contributed by atoms with E-state index in [9.17, 15) is 32.3 Å². The number of anilines is 2. The molecule has 3 saturated carbocycles. The SMILES string of the molecule is CC[C@H](NC(=O)[C@@H]1C[C@@](C)(CC(=O)Nc2ccccc2C(=O)OC)c2ncc(NCc3cccc(C(F)(F)F)c3)c(=O)n21)B1OC2C3CC(C[C@]2(C)O1)C3(C)C. The quantitative estimate of drug-likeness (QED) is 0.156. The monoisotopic (exact) mass is 777 g/mol. The number of halogens is 3. The summed E-state index contributed by atoms with van der Waals surface area (Å²) in [6, 6.07) is 10.0. The lowest BCUT2D eigenvalue weighted by Crippen LogP contribution is -2.63. The second-order valence-electron chi connectivity index (χ2n) is 16.7. The number of hydrogen-bond acceptors (Lipinski definition) is 9. The molecule has 1 saturated heterocycles. The molecule has 3 aliphatic carbocycles. The van der Waals surface area contributed by atoms with Gasteiger partial charge in [-0.2, -0.15) is 13.2 Å². The molecule has 3 N–H and O–H groups in total. The number of carbonyl (C=O) groups excluding carboxylic acids is 3. The van der Waals surface area contributed by atoms with Gasteiger partial charge in [0.2, 0.25) is 11.8 Å². The third-order valence-electron chi connectivity index (χ3n) is 12.6. The minimum absolute atomic E-state index is 0.0192. The van der Waals surface area contributed by atoms with Crippen LogP contribution in [0, 0.1) is 17.3 Å². The largest absolute Gasteiger partial charge is 0.481 e. The van der Waals surface area contributed by atoms with Gasteiger partial charge in [0.05, 0.1) is 47.8 Å². The second kappa shape index (κ2) is 14.4. The van der Waals surface area contributed by atoms with Crippen molar-refractivity contribution in [1.29, 1.82) is 0 Å². The van der Waals surface area contributed by atoms with Gasteiger partial charge in [-0.15, -0.1) is 0 Å². The van der Waals surface area contributed by atoms with E-state index in [0.717, 1.165) is 25.0 Å². The number of esters is 1. The van der Waals surface area contributed by atoms with E-state index in [-0.39, 0.29) is 59.2 Å². The first-order valence-corrected chi connectivity index (χ1v) is 19.0. The number of methoxy groups -OCH3 is 1. The van der Waals surface area contributed by atoms with Crippen LogP contribution >= 0.6 is 0 Å². The van der Waals surface area contributed by atoms with Gasteiger partial charge < -0.3 is 30.0 Å². The maximum absolute atomic E-state index is 14.4. The number of carbonyl (C=O) groups is 3. The summed E-state index contributed by atoms with van der Waals surface area (Å²) in [5, 5.41) is 8.77.